The molecule has 1 heterocycles. The largest absolute Gasteiger partial charge is 0.493 e. The molecule has 0 aliphatic rings. The van der Waals surface area contributed by atoms with E-state index in [0.29, 0.717) is 12.4 Å². The lowest BCUT2D eigenvalue weighted by Gasteiger charge is -2.14. The molecule has 0 amide bonds. The molecule has 6 nitrogen and oxygen atoms in total. The minimum atomic E-state index is 0.587. The van der Waals surface area contributed by atoms with Crippen molar-refractivity contribution in [1.82, 2.24) is 10.3 Å². The molecule has 2 N–H and O–H groups in total. The Kier molecular flexibility index (Phi) is 8.41. The molecular weight excluding hydrogens is 356 g/mol. The van der Waals surface area contributed by atoms with Crippen LogP contribution in [0.4, 0.5) is 5.69 Å². The first-order valence-corrected chi connectivity index (χ1v) is 9.94. The topological polar surface area (TPSA) is 67.8 Å². The SMILES string of the molecule is CCOc1cc(NC(=NC)NCCCSc2nccs2)ccc1OC. The van der Waals surface area contributed by atoms with Crippen LogP contribution in [0.3, 0.4) is 0 Å². The second-order valence-corrected chi connectivity index (χ2v) is 7.16. The molecule has 0 saturated heterocycles. The number of hydrogen-bond acceptors (Lipinski definition) is 6. The normalized spacial score (nSPS) is 11.2. The van der Waals surface area contributed by atoms with Crippen LogP contribution >= 0.6 is 23.1 Å². The summed E-state index contributed by atoms with van der Waals surface area (Å²) in [6.07, 6.45) is 2.86. The van der Waals surface area contributed by atoms with Crippen molar-refractivity contribution in [3.05, 3.63) is 29.8 Å². The summed E-state index contributed by atoms with van der Waals surface area (Å²) < 4.78 is 12.0. The van der Waals surface area contributed by atoms with Gasteiger partial charge in [-0.15, -0.1) is 11.3 Å². The highest BCUT2D eigenvalue weighted by Gasteiger charge is 2.07. The first kappa shape index (κ1) is 19.4. The minimum Gasteiger partial charge on any atom is -0.493 e. The van der Waals surface area contributed by atoms with E-state index < -0.39 is 0 Å². The van der Waals surface area contributed by atoms with Crippen molar-refractivity contribution in [1.29, 1.82) is 0 Å². The van der Waals surface area contributed by atoms with Gasteiger partial charge in [-0.2, -0.15) is 0 Å². The van der Waals surface area contributed by atoms with E-state index in [1.54, 1.807) is 37.3 Å². The number of nitrogens with one attached hydrogen (secondary N) is 2. The van der Waals surface area contributed by atoms with Gasteiger partial charge in [0.05, 0.1) is 13.7 Å². The van der Waals surface area contributed by atoms with E-state index in [-0.39, 0.29) is 0 Å². The summed E-state index contributed by atoms with van der Waals surface area (Å²) in [5.74, 6) is 3.18. The third-order valence-corrected chi connectivity index (χ3v) is 5.25. The molecule has 0 aliphatic heterocycles. The van der Waals surface area contributed by atoms with Crippen molar-refractivity contribution in [2.75, 3.05) is 38.4 Å². The molecule has 8 heteroatoms. The molecule has 0 spiro atoms. The number of ether oxygens (including phenoxy) is 2. The summed E-state index contributed by atoms with van der Waals surface area (Å²) in [7, 11) is 3.39. The van der Waals surface area contributed by atoms with E-state index in [1.165, 1.54) is 0 Å². The molecule has 0 saturated carbocycles. The lowest BCUT2D eigenvalue weighted by atomic mass is 10.2. The second kappa shape index (κ2) is 10.8. The van der Waals surface area contributed by atoms with Gasteiger partial charge in [-0.3, -0.25) is 4.99 Å². The average molecular weight is 381 g/mol. The summed E-state index contributed by atoms with van der Waals surface area (Å²) in [6.45, 7) is 3.37. The molecule has 0 bridgehead atoms. The quantitative estimate of drug-likeness (QED) is 0.299. The molecule has 0 aliphatic carbocycles. The molecule has 0 radical (unpaired) electrons. The molecule has 25 heavy (non-hydrogen) atoms. The third kappa shape index (κ3) is 6.47. The lowest BCUT2D eigenvalue weighted by Crippen LogP contribution is -2.31. The fourth-order valence-electron chi connectivity index (χ4n) is 2.06. The van der Waals surface area contributed by atoms with Crippen LogP contribution in [0.2, 0.25) is 0 Å². The lowest BCUT2D eigenvalue weighted by molar-refractivity contribution is 0.311. The van der Waals surface area contributed by atoms with E-state index in [0.717, 1.165) is 40.5 Å². The van der Waals surface area contributed by atoms with Crippen molar-refractivity contribution >= 4 is 34.7 Å². The monoisotopic (exact) mass is 380 g/mol. The number of methoxy groups -OCH3 is 1. The van der Waals surface area contributed by atoms with Crippen LogP contribution in [0.1, 0.15) is 13.3 Å². The number of thiazole rings is 1. The highest BCUT2D eigenvalue weighted by molar-refractivity contribution is 8.00. The van der Waals surface area contributed by atoms with E-state index in [1.807, 2.05) is 36.7 Å². The van der Waals surface area contributed by atoms with Crippen molar-refractivity contribution in [3.63, 3.8) is 0 Å². The fourth-order valence-corrected chi connectivity index (χ4v) is 3.71. The fraction of sp³-hybridized carbons (Fsp3) is 0.412. The number of aromatic nitrogens is 1. The zero-order chi connectivity index (χ0) is 17.9. The van der Waals surface area contributed by atoms with Crippen molar-refractivity contribution in [2.45, 2.75) is 17.7 Å². The molecule has 2 aromatic rings. The smallest absolute Gasteiger partial charge is 0.195 e. The highest BCUT2D eigenvalue weighted by Crippen LogP contribution is 2.30. The Morgan fingerprint density at radius 1 is 1.36 bits per heavy atom. The Morgan fingerprint density at radius 2 is 2.24 bits per heavy atom. The van der Waals surface area contributed by atoms with E-state index in [4.69, 9.17) is 9.47 Å². The maximum Gasteiger partial charge on any atom is 0.195 e. The summed E-state index contributed by atoms with van der Waals surface area (Å²) in [5, 5.41) is 8.58. The van der Waals surface area contributed by atoms with Gasteiger partial charge in [0.25, 0.3) is 0 Å². The van der Waals surface area contributed by atoms with Gasteiger partial charge in [-0.05, 0) is 25.5 Å². The third-order valence-electron chi connectivity index (χ3n) is 3.20. The number of nitrogens with zero attached hydrogens (tertiary/aromatic N) is 2. The zero-order valence-corrected chi connectivity index (χ0v) is 16.4. The van der Waals surface area contributed by atoms with Gasteiger partial charge in [0.1, 0.15) is 4.34 Å². The van der Waals surface area contributed by atoms with Gasteiger partial charge in [0.2, 0.25) is 0 Å². The van der Waals surface area contributed by atoms with E-state index >= 15 is 0 Å². The maximum absolute atomic E-state index is 5.60. The Hall–Kier alpha value is -1.93. The van der Waals surface area contributed by atoms with Crippen molar-refractivity contribution < 1.29 is 9.47 Å². The van der Waals surface area contributed by atoms with E-state index in [9.17, 15) is 0 Å². The maximum atomic E-state index is 5.60. The predicted octanol–water partition coefficient (Wildman–Crippen LogP) is 3.72. The number of hydrogen-bond donors (Lipinski definition) is 2. The van der Waals surface area contributed by atoms with Crippen LogP contribution in [0.5, 0.6) is 11.5 Å². The predicted molar refractivity (Wildman–Crippen MR) is 107 cm³/mol. The summed E-state index contributed by atoms with van der Waals surface area (Å²) in [6, 6.07) is 5.73. The molecule has 1 aromatic heterocycles. The van der Waals surface area contributed by atoms with Gasteiger partial charge in [0, 0.05) is 42.7 Å². The Bertz CT molecular complexity index is 663. The Balaban J connectivity index is 1.79. The Labute approximate surface area is 157 Å². The van der Waals surface area contributed by atoms with E-state index in [2.05, 4.69) is 20.6 Å². The van der Waals surface area contributed by atoms with Gasteiger partial charge in [-0.25, -0.2) is 4.98 Å². The molecule has 0 atom stereocenters. The average Bonchev–Trinajstić information content (AvgIpc) is 3.14. The summed E-state index contributed by atoms with van der Waals surface area (Å²) in [5.41, 5.74) is 0.898. The van der Waals surface area contributed by atoms with Crippen LogP contribution < -0.4 is 20.1 Å². The van der Waals surface area contributed by atoms with Crippen LogP contribution in [-0.2, 0) is 0 Å². The molecule has 136 valence electrons. The highest BCUT2D eigenvalue weighted by atomic mass is 32.2. The molecule has 0 fully saturated rings. The van der Waals surface area contributed by atoms with Crippen LogP contribution in [-0.4, -0.2) is 44.0 Å². The number of anilines is 1. The van der Waals surface area contributed by atoms with Crippen molar-refractivity contribution in [3.8, 4) is 11.5 Å². The van der Waals surface area contributed by atoms with Gasteiger partial charge >= 0.3 is 0 Å². The van der Waals surface area contributed by atoms with Crippen LogP contribution in [0.15, 0.2) is 39.1 Å². The van der Waals surface area contributed by atoms with Gasteiger partial charge in [-0.1, -0.05) is 11.8 Å². The van der Waals surface area contributed by atoms with Gasteiger partial charge < -0.3 is 20.1 Å². The van der Waals surface area contributed by atoms with Crippen molar-refractivity contribution in [2.24, 2.45) is 4.99 Å². The summed E-state index contributed by atoms with van der Waals surface area (Å²) >= 11 is 3.45. The Morgan fingerprint density at radius 3 is 2.92 bits per heavy atom. The zero-order valence-electron chi connectivity index (χ0n) is 14.7. The summed E-state index contributed by atoms with van der Waals surface area (Å²) in [4.78, 5) is 8.52. The number of rotatable bonds is 9. The first-order valence-electron chi connectivity index (χ1n) is 8.07. The molecule has 0 unspecified atom stereocenters. The number of thioether (sulfide) groups is 1. The standard InChI is InChI=1S/C17H24N4O2S2/c1-4-23-15-12-13(6-7-14(15)22-3)21-16(18-2)19-8-5-10-24-17-20-9-11-25-17/h6-7,9,11-12H,4-5,8,10H2,1-3H3,(H2,18,19,21). The van der Waals surface area contributed by atoms with Crippen LogP contribution in [0.25, 0.3) is 0 Å². The number of guanidine groups is 1. The van der Waals surface area contributed by atoms with Gasteiger partial charge in [0.15, 0.2) is 17.5 Å². The minimum absolute atomic E-state index is 0.587. The van der Waals surface area contributed by atoms with Crippen LogP contribution in [0, 0.1) is 0 Å². The second-order valence-electron chi connectivity index (χ2n) is 4.92. The first-order chi connectivity index (χ1) is 12.3. The number of aliphatic imine (C=N–C) groups is 1. The molecular formula is C17H24N4O2S2. The molecule has 1 aromatic carbocycles. The molecule has 2 rings (SSSR count). The number of benzene rings is 1.